The molecule has 1 aliphatic carbocycles. The number of aromatic nitrogens is 1. The van der Waals surface area contributed by atoms with Gasteiger partial charge in [-0.2, -0.15) is 0 Å². The summed E-state index contributed by atoms with van der Waals surface area (Å²) in [4.78, 5) is 30.0. The van der Waals surface area contributed by atoms with Gasteiger partial charge in [-0.15, -0.1) is 0 Å². The van der Waals surface area contributed by atoms with Crippen molar-refractivity contribution in [3.05, 3.63) is 35.0 Å². The van der Waals surface area contributed by atoms with Crippen LogP contribution in [0.2, 0.25) is 0 Å². The first-order chi connectivity index (χ1) is 11.7. The van der Waals surface area contributed by atoms with Gasteiger partial charge in [-0.3, -0.25) is 9.59 Å². The number of carbonyl (C=O) groups is 2. The van der Waals surface area contributed by atoms with Crippen LogP contribution in [0.25, 0.3) is 10.9 Å². The third-order valence-electron chi connectivity index (χ3n) is 5.89. The monoisotopic (exact) mass is 323 g/mol. The molecule has 0 bridgehead atoms. The number of aryl methyl sites for hydroxylation is 2. The molecular formula is C19H21N3O2. The Morgan fingerprint density at radius 2 is 2.04 bits per heavy atom. The molecule has 24 heavy (non-hydrogen) atoms. The summed E-state index contributed by atoms with van der Waals surface area (Å²) < 4.78 is 0. The number of aromatic amines is 1. The molecule has 2 fully saturated rings. The van der Waals surface area contributed by atoms with Crippen LogP contribution in [-0.2, 0) is 17.6 Å². The minimum absolute atomic E-state index is 0.0860. The molecule has 1 aromatic heterocycles. The third-order valence-corrected chi connectivity index (χ3v) is 5.89. The first-order valence-electron chi connectivity index (χ1n) is 8.92. The van der Waals surface area contributed by atoms with Gasteiger partial charge in [0.25, 0.3) is 5.91 Å². The highest BCUT2D eigenvalue weighted by Crippen LogP contribution is 2.32. The molecular weight excluding hydrogens is 302 g/mol. The van der Waals surface area contributed by atoms with E-state index >= 15 is 0 Å². The van der Waals surface area contributed by atoms with Crippen molar-refractivity contribution in [3.8, 4) is 0 Å². The van der Waals surface area contributed by atoms with Crippen LogP contribution in [0, 0.1) is 5.92 Å². The van der Waals surface area contributed by atoms with Crippen LogP contribution in [0.15, 0.2) is 18.2 Å². The topological polar surface area (TPSA) is 65.2 Å². The van der Waals surface area contributed by atoms with E-state index in [0.717, 1.165) is 23.9 Å². The molecule has 2 aromatic rings. The normalized spacial score (nSPS) is 25.7. The molecule has 124 valence electrons. The largest absolute Gasteiger partial charge is 0.358 e. The molecule has 5 nitrogen and oxygen atoms in total. The Bertz CT molecular complexity index is 838. The number of benzene rings is 1. The number of hydrogen-bond donors (Lipinski definition) is 2. The molecule has 2 atom stereocenters. The Kier molecular flexibility index (Phi) is 2.99. The second kappa shape index (κ2) is 5.10. The summed E-state index contributed by atoms with van der Waals surface area (Å²) in [6.45, 7) is 1.31. The number of likely N-dealkylation sites (tertiary alicyclic amines) is 1. The predicted molar refractivity (Wildman–Crippen MR) is 90.9 cm³/mol. The molecule has 2 amide bonds. The summed E-state index contributed by atoms with van der Waals surface area (Å²) in [7, 11) is 0. The minimum atomic E-state index is 0.0860. The molecule has 3 heterocycles. The predicted octanol–water partition coefficient (Wildman–Crippen LogP) is 2.01. The summed E-state index contributed by atoms with van der Waals surface area (Å²) in [5.41, 5.74) is 4.47. The van der Waals surface area contributed by atoms with Gasteiger partial charge in [-0.1, -0.05) is 12.1 Å². The quantitative estimate of drug-likeness (QED) is 0.843. The van der Waals surface area contributed by atoms with Gasteiger partial charge in [-0.05, 0) is 37.3 Å². The van der Waals surface area contributed by atoms with Gasteiger partial charge in [0, 0.05) is 36.5 Å². The maximum Gasteiger partial charge on any atom is 0.256 e. The lowest BCUT2D eigenvalue weighted by Crippen LogP contribution is -2.35. The molecule has 0 saturated carbocycles. The molecule has 5 heteroatoms. The number of H-pyrrole nitrogens is 1. The van der Waals surface area contributed by atoms with Crippen LogP contribution in [0.5, 0.6) is 0 Å². The highest BCUT2D eigenvalue weighted by molar-refractivity contribution is 6.07. The number of carbonyl (C=O) groups excluding carboxylic acids is 2. The molecule has 2 aliphatic heterocycles. The zero-order valence-corrected chi connectivity index (χ0v) is 13.6. The van der Waals surface area contributed by atoms with E-state index in [2.05, 4.69) is 16.4 Å². The number of hydrogen-bond acceptors (Lipinski definition) is 2. The number of rotatable bonds is 1. The van der Waals surface area contributed by atoms with Crippen LogP contribution >= 0.6 is 0 Å². The molecule has 2 saturated heterocycles. The Labute approximate surface area is 140 Å². The van der Waals surface area contributed by atoms with Crippen LogP contribution in [0.1, 0.15) is 40.9 Å². The Balaban J connectivity index is 1.49. The van der Waals surface area contributed by atoms with Crippen molar-refractivity contribution in [2.24, 2.45) is 5.92 Å². The van der Waals surface area contributed by atoms with E-state index in [1.54, 1.807) is 0 Å². The fourth-order valence-corrected chi connectivity index (χ4v) is 4.69. The molecule has 0 unspecified atom stereocenters. The first kappa shape index (κ1) is 14.1. The fraction of sp³-hybridized carbons (Fsp3) is 0.474. The Morgan fingerprint density at radius 3 is 2.92 bits per heavy atom. The summed E-state index contributed by atoms with van der Waals surface area (Å²) in [5, 5.41) is 4.20. The summed E-state index contributed by atoms with van der Waals surface area (Å²) >= 11 is 0. The van der Waals surface area contributed by atoms with E-state index in [0.29, 0.717) is 19.5 Å². The van der Waals surface area contributed by atoms with Crippen molar-refractivity contribution < 1.29 is 9.59 Å². The van der Waals surface area contributed by atoms with Gasteiger partial charge in [0.15, 0.2) is 0 Å². The van der Waals surface area contributed by atoms with Gasteiger partial charge < -0.3 is 15.2 Å². The lowest BCUT2D eigenvalue weighted by atomic mass is 9.95. The van der Waals surface area contributed by atoms with Gasteiger partial charge in [0.1, 0.15) is 0 Å². The minimum Gasteiger partial charge on any atom is -0.358 e. The Morgan fingerprint density at radius 1 is 1.17 bits per heavy atom. The van der Waals surface area contributed by atoms with Crippen molar-refractivity contribution >= 4 is 22.7 Å². The standard InChI is InChI=1S/C19H21N3O2/c23-17-8-11-9-22(10-16(11)20-17)19(24)14-6-3-5-13-12-4-1-2-7-15(12)21-18(13)14/h3,5-6,11,16,21H,1-2,4,7-10H2,(H,20,23)/t11-,16+/m0/s1. The molecule has 0 radical (unpaired) electrons. The van der Waals surface area contributed by atoms with Crippen LogP contribution in [-0.4, -0.2) is 40.8 Å². The fourth-order valence-electron chi connectivity index (χ4n) is 4.69. The van der Waals surface area contributed by atoms with E-state index in [9.17, 15) is 9.59 Å². The maximum atomic E-state index is 13.1. The van der Waals surface area contributed by atoms with Gasteiger partial charge in [-0.25, -0.2) is 0 Å². The maximum absolute atomic E-state index is 13.1. The lowest BCUT2D eigenvalue weighted by Gasteiger charge is -2.17. The van der Waals surface area contributed by atoms with Crippen LogP contribution in [0.4, 0.5) is 0 Å². The van der Waals surface area contributed by atoms with Crippen molar-refractivity contribution in [3.63, 3.8) is 0 Å². The zero-order chi connectivity index (χ0) is 16.3. The van der Waals surface area contributed by atoms with Crippen molar-refractivity contribution in [2.75, 3.05) is 13.1 Å². The van der Waals surface area contributed by atoms with E-state index in [1.807, 2.05) is 17.0 Å². The molecule has 5 rings (SSSR count). The van der Waals surface area contributed by atoms with E-state index in [-0.39, 0.29) is 23.8 Å². The number of para-hydroxylation sites is 1. The van der Waals surface area contributed by atoms with Crippen molar-refractivity contribution in [1.29, 1.82) is 0 Å². The second-order valence-electron chi connectivity index (χ2n) is 7.37. The smallest absolute Gasteiger partial charge is 0.256 e. The Hall–Kier alpha value is -2.30. The molecule has 2 N–H and O–H groups in total. The highest BCUT2D eigenvalue weighted by atomic mass is 16.2. The van der Waals surface area contributed by atoms with Gasteiger partial charge >= 0.3 is 0 Å². The number of nitrogens with one attached hydrogen (secondary N) is 2. The van der Waals surface area contributed by atoms with Crippen molar-refractivity contribution in [2.45, 2.75) is 38.1 Å². The average molecular weight is 323 g/mol. The number of nitrogens with zero attached hydrogens (tertiary/aromatic N) is 1. The highest BCUT2D eigenvalue weighted by Gasteiger charge is 2.42. The van der Waals surface area contributed by atoms with Crippen LogP contribution < -0.4 is 5.32 Å². The lowest BCUT2D eigenvalue weighted by molar-refractivity contribution is -0.119. The van der Waals surface area contributed by atoms with E-state index < -0.39 is 0 Å². The summed E-state index contributed by atoms with van der Waals surface area (Å²) in [6.07, 6.45) is 5.19. The summed E-state index contributed by atoms with van der Waals surface area (Å²) in [6, 6.07) is 6.19. The van der Waals surface area contributed by atoms with E-state index in [1.165, 1.54) is 29.5 Å². The third kappa shape index (κ3) is 2.00. The SMILES string of the molecule is O=C1C[C@H]2CN(C(=O)c3cccc4c5c([nH]c34)CCCC5)C[C@H]2N1. The molecule has 3 aliphatic rings. The first-order valence-corrected chi connectivity index (χ1v) is 8.92. The molecule has 0 spiro atoms. The van der Waals surface area contributed by atoms with Gasteiger partial charge in [0.05, 0.1) is 17.1 Å². The zero-order valence-electron chi connectivity index (χ0n) is 13.6. The van der Waals surface area contributed by atoms with E-state index in [4.69, 9.17) is 0 Å². The number of fused-ring (bicyclic) bond motifs is 4. The summed E-state index contributed by atoms with van der Waals surface area (Å²) in [5.74, 6) is 0.483. The number of amides is 2. The van der Waals surface area contributed by atoms with Crippen LogP contribution in [0.3, 0.4) is 0 Å². The second-order valence-corrected chi connectivity index (χ2v) is 7.37. The van der Waals surface area contributed by atoms with Crippen molar-refractivity contribution in [1.82, 2.24) is 15.2 Å². The van der Waals surface area contributed by atoms with Gasteiger partial charge in [0.2, 0.25) is 5.91 Å². The average Bonchev–Trinajstić information content (AvgIpc) is 3.24. The molecule has 1 aromatic carbocycles.